The van der Waals surface area contributed by atoms with Gasteiger partial charge < -0.3 is 4.42 Å². The molecule has 0 atom stereocenters. The van der Waals surface area contributed by atoms with E-state index < -0.39 is 9.84 Å². The standard InChI is InChI=1S/C20H18O4S/c1-13-4-6-15(7-5-13)19-18(21)12-14(2)24-20(19)16-8-10-17(11-9-16)25(3,22)23/h4-12H,1-3H3. The van der Waals surface area contributed by atoms with Gasteiger partial charge >= 0.3 is 0 Å². The molecule has 0 spiro atoms. The Kier molecular flexibility index (Phi) is 4.35. The summed E-state index contributed by atoms with van der Waals surface area (Å²) in [6, 6.07) is 15.5. The molecule has 4 nitrogen and oxygen atoms in total. The van der Waals surface area contributed by atoms with Gasteiger partial charge in [0.2, 0.25) is 0 Å². The summed E-state index contributed by atoms with van der Waals surface area (Å²) in [7, 11) is -3.28. The molecule has 3 rings (SSSR count). The summed E-state index contributed by atoms with van der Waals surface area (Å²) in [4.78, 5) is 12.8. The van der Waals surface area contributed by atoms with Crippen molar-refractivity contribution in [3.05, 3.63) is 76.1 Å². The van der Waals surface area contributed by atoms with Gasteiger partial charge in [0.25, 0.3) is 0 Å². The van der Waals surface area contributed by atoms with Crippen molar-refractivity contribution < 1.29 is 12.8 Å². The van der Waals surface area contributed by atoms with Crippen LogP contribution in [0.1, 0.15) is 11.3 Å². The van der Waals surface area contributed by atoms with E-state index in [2.05, 4.69) is 0 Å². The third-order valence-corrected chi connectivity index (χ3v) is 5.08. The van der Waals surface area contributed by atoms with Crippen LogP contribution in [-0.4, -0.2) is 14.7 Å². The van der Waals surface area contributed by atoms with Gasteiger partial charge in [-0.2, -0.15) is 0 Å². The molecular formula is C20H18O4S. The molecule has 0 aliphatic heterocycles. The SMILES string of the molecule is Cc1ccc(-c2c(-c3ccc(S(C)(=O)=O)cc3)oc(C)cc2=O)cc1. The molecule has 0 N–H and O–H groups in total. The van der Waals surface area contributed by atoms with Gasteiger partial charge in [-0.1, -0.05) is 29.8 Å². The number of sulfone groups is 1. The van der Waals surface area contributed by atoms with Crippen LogP contribution in [0.15, 0.2) is 68.7 Å². The normalized spacial score (nSPS) is 11.5. The minimum absolute atomic E-state index is 0.130. The van der Waals surface area contributed by atoms with E-state index in [1.54, 1.807) is 19.1 Å². The van der Waals surface area contributed by atoms with Crippen molar-refractivity contribution in [2.24, 2.45) is 0 Å². The molecule has 5 heteroatoms. The van der Waals surface area contributed by atoms with Gasteiger partial charge in [-0.3, -0.25) is 4.79 Å². The molecular weight excluding hydrogens is 336 g/mol. The molecule has 0 aliphatic rings. The molecule has 0 aliphatic carbocycles. The third kappa shape index (κ3) is 3.56. The second kappa shape index (κ2) is 6.33. The fraction of sp³-hybridized carbons (Fsp3) is 0.150. The topological polar surface area (TPSA) is 64.3 Å². The van der Waals surface area contributed by atoms with Gasteiger partial charge in [-0.05, 0) is 43.7 Å². The average Bonchev–Trinajstić information content (AvgIpc) is 2.55. The second-order valence-electron chi connectivity index (χ2n) is 6.09. The minimum Gasteiger partial charge on any atom is -0.460 e. The maximum Gasteiger partial charge on any atom is 0.193 e. The Hall–Kier alpha value is -2.66. The molecule has 0 bridgehead atoms. The summed E-state index contributed by atoms with van der Waals surface area (Å²) in [6.07, 6.45) is 1.16. The van der Waals surface area contributed by atoms with Gasteiger partial charge in [-0.25, -0.2) is 8.42 Å². The van der Waals surface area contributed by atoms with E-state index in [0.29, 0.717) is 22.6 Å². The van der Waals surface area contributed by atoms with E-state index in [4.69, 9.17) is 4.42 Å². The summed E-state index contributed by atoms with van der Waals surface area (Å²) in [5.74, 6) is 0.942. The predicted molar refractivity (Wildman–Crippen MR) is 98.4 cm³/mol. The maximum atomic E-state index is 12.6. The molecule has 25 heavy (non-hydrogen) atoms. The van der Waals surface area contributed by atoms with Crippen LogP contribution in [0.5, 0.6) is 0 Å². The summed E-state index contributed by atoms with van der Waals surface area (Å²) >= 11 is 0. The van der Waals surface area contributed by atoms with Crippen molar-refractivity contribution >= 4 is 9.84 Å². The van der Waals surface area contributed by atoms with Crippen molar-refractivity contribution in [3.8, 4) is 22.5 Å². The summed E-state index contributed by atoms with van der Waals surface area (Å²) in [6.45, 7) is 3.70. The van der Waals surface area contributed by atoms with E-state index in [1.165, 1.54) is 18.2 Å². The first kappa shape index (κ1) is 17.2. The number of aryl methyl sites for hydroxylation is 2. The van der Waals surface area contributed by atoms with Crippen LogP contribution in [0.3, 0.4) is 0 Å². The first-order chi connectivity index (χ1) is 11.8. The van der Waals surface area contributed by atoms with Gasteiger partial charge in [-0.15, -0.1) is 0 Å². The largest absolute Gasteiger partial charge is 0.460 e. The fourth-order valence-electron chi connectivity index (χ4n) is 2.66. The first-order valence-corrected chi connectivity index (χ1v) is 9.67. The van der Waals surface area contributed by atoms with Crippen LogP contribution in [0.25, 0.3) is 22.5 Å². The number of hydrogen-bond donors (Lipinski definition) is 0. The number of benzene rings is 2. The molecule has 1 aromatic heterocycles. The Morgan fingerprint density at radius 1 is 0.840 bits per heavy atom. The third-order valence-electron chi connectivity index (χ3n) is 3.96. The minimum atomic E-state index is -3.28. The molecule has 3 aromatic rings. The van der Waals surface area contributed by atoms with E-state index in [9.17, 15) is 13.2 Å². The van der Waals surface area contributed by atoms with Crippen LogP contribution in [0.4, 0.5) is 0 Å². The predicted octanol–water partition coefficient (Wildman–Crippen LogP) is 3.99. The highest BCUT2D eigenvalue weighted by atomic mass is 32.2. The van der Waals surface area contributed by atoms with Gasteiger partial charge in [0.05, 0.1) is 10.5 Å². The molecule has 0 saturated carbocycles. The number of rotatable bonds is 3. The highest BCUT2D eigenvalue weighted by Gasteiger charge is 2.16. The van der Waals surface area contributed by atoms with Crippen molar-refractivity contribution in [1.29, 1.82) is 0 Å². The van der Waals surface area contributed by atoms with Gasteiger partial charge in [0.15, 0.2) is 15.3 Å². The van der Waals surface area contributed by atoms with E-state index >= 15 is 0 Å². The van der Waals surface area contributed by atoms with E-state index in [-0.39, 0.29) is 10.3 Å². The first-order valence-electron chi connectivity index (χ1n) is 7.78. The highest BCUT2D eigenvalue weighted by Crippen LogP contribution is 2.31. The molecule has 0 radical (unpaired) electrons. The van der Waals surface area contributed by atoms with Crippen LogP contribution < -0.4 is 5.43 Å². The number of hydrogen-bond acceptors (Lipinski definition) is 4. The molecule has 128 valence electrons. The van der Waals surface area contributed by atoms with Crippen molar-refractivity contribution in [2.45, 2.75) is 18.7 Å². The summed E-state index contributed by atoms with van der Waals surface area (Å²) < 4.78 is 29.1. The summed E-state index contributed by atoms with van der Waals surface area (Å²) in [5, 5.41) is 0. The van der Waals surface area contributed by atoms with Gasteiger partial charge in [0.1, 0.15) is 11.5 Å². The van der Waals surface area contributed by atoms with E-state index in [1.807, 2.05) is 31.2 Å². The Morgan fingerprint density at radius 3 is 1.96 bits per heavy atom. The van der Waals surface area contributed by atoms with Crippen molar-refractivity contribution in [2.75, 3.05) is 6.26 Å². The molecule has 0 unspecified atom stereocenters. The zero-order valence-electron chi connectivity index (χ0n) is 14.2. The average molecular weight is 354 g/mol. The Balaban J connectivity index is 2.22. The molecule has 0 fully saturated rings. The molecule has 0 amide bonds. The van der Waals surface area contributed by atoms with Crippen molar-refractivity contribution in [1.82, 2.24) is 0 Å². The quantitative estimate of drug-likeness (QED) is 0.713. The van der Waals surface area contributed by atoms with Crippen LogP contribution in [-0.2, 0) is 9.84 Å². The molecule has 0 saturated heterocycles. The highest BCUT2D eigenvalue weighted by molar-refractivity contribution is 7.90. The van der Waals surface area contributed by atoms with Crippen LogP contribution in [0, 0.1) is 13.8 Å². The monoisotopic (exact) mass is 354 g/mol. The van der Waals surface area contributed by atoms with Crippen molar-refractivity contribution in [3.63, 3.8) is 0 Å². The lowest BCUT2D eigenvalue weighted by atomic mass is 9.99. The lowest BCUT2D eigenvalue weighted by Gasteiger charge is -2.10. The Morgan fingerprint density at radius 2 is 1.40 bits per heavy atom. The smallest absolute Gasteiger partial charge is 0.193 e. The molecule has 2 aromatic carbocycles. The Labute approximate surface area is 146 Å². The lowest BCUT2D eigenvalue weighted by molar-refractivity contribution is 0.531. The fourth-order valence-corrected chi connectivity index (χ4v) is 3.29. The second-order valence-corrected chi connectivity index (χ2v) is 8.10. The zero-order chi connectivity index (χ0) is 18.2. The van der Waals surface area contributed by atoms with E-state index in [0.717, 1.165) is 17.4 Å². The molecule has 1 heterocycles. The Bertz CT molecular complexity index is 1070. The zero-order valence-corrected chi connectivity index (χ0v) is 15.1. The maximum absolute atomic E-state index is 12.6. The summed E-state index contributed by atoms with van der Waals surface area (Å²) in [5.41, 5.74) is 2.86. The van der Waals surface area contributed by atoms with Gasteiger partial charge in [0, 0.05) is 17.9 Å². The van der Waals surface area contributed by atoms with Crippen LogP contribution in [0.2, 0.25) is 0 Å². The lowest BCUT2D eigenvalue weighted by Crippen LogP contribution is -2.06. The van der Waals surface area contributed by atoms with Crippen LogP contribution >= 0.6 is 0 Å².